The molecule has 4 nitrogen and oxygen atoms in total. The average Bonchev–Trinajstić information content (AvgIpc) is 2.97. The van der Waals surface area contributed by atoms with Gasteiger partial charge in [-0.3, -0.25) is 4.79 Å². The van der Waals surface area contributed by atoms with Crippen molar-refractivity contribution in [1.82, 2.24) is 14.8 Å². The van der Waals surface area contributed by atoms with Gasteiger partial charge < -0.3 is 9.80 Å². The summed E-state index contributed by atoms with van der Waals surface area (Å²) in [5, 5.41) is 1.55. The third-order valence-corrected chi connectivity index (χ3v) is 5.49. The molecule has 0 saturated heterocycles. The van der Waals surface area contributed by atoms with E-state index in [2.05, 4.69) is 23.9 Å². The second-order valence-electron chi connectivity index (χ2n) is 5.72. The first kappa shape index (κ1) is 18.9. The van der Waals surface area contributed by atoms with E-state index in [9.17, 15) is 4.79 Å². The number of halogens is 1. The number of thiazole rings is 1. The van der Waals surface area contributed by atoms with Crippen LogP contribution in [-0.2, 0) is 0 Å². The molecule has 2 rings (SSSR count). The maximum atomic E-state index is 12.9. The molecule has 0 fully saturated rings. The Hall–Kier alpha value is -1.43. The van der Waals surface area contributed by atoms with Crippen LogP contribution in [0.25, 0.3) is 10.6 Å². The molecule has 24 heavy (non-hydrogen) atoms. The van der Waals surface area contributed by atoms with Crippen molar-refractivity contribution in [1.29, 1.82) is 0 Å². The fraction of sp³-hybridized carbons (Fsp3) is 0.444. The molecule has 0 aliphatic rings. The predicted octanol–water partition coefficient (Wildman–Crippen LogP) is 4.19. The summed E-state index contributed by atoms with van der Waals surface area (Å²) >= 11 is 7.39. The smallest absolute Gasteiger partial charge is 0.265 e. The first-order chi connectivity index (χ1) is 11.5. The van der Waals surface area contributed by atoms with E-state index in [0.29, 0.717) is 11.6 Å². The lowest BCUT2D eigenvalue weighted by Gasteiger charge is -2.23. The molecule has 1 aromatic carbocycles. The maximum Gasteiger partial charge on any atom is 0.265 e. The highest BCUT2D eigenvalue weighted by molar-refractivity contribution is 7.17. The number of hydrogen-bond donors (Lipinski definition) is 0. The van der Waals surface area contributed by atoms with E-state index in [-0.39, 0.29) is 5.91 Å². The van der Waals surface area contributed by atoms with Gasteiger partial charge in [-0.15, -0.1) is 11.3 Å². The second-order valence-corrected chi connectivity index (χ2v) is 7.16. The van der Waals surface area contributed by atoms with Crippen molar-refractivity contribution in [2.75, 3.05) is 33.2 Å². The zero-order valence-corrected chi connectivity index (χ0v) is 16.2. The molecule has 0 bridgehead atoms. The fourth-order valence-corrected chi connectivity index (χ4v) is 3.47. The van der Waals surface area contributed by atoms with E-state index in [0.717, 1.165) is 40.8 Å². The molecule has 0 radical (unpaired) electrons. The number of aryl methyl sites for hydroxylation is 1. The molecule has 6 heteroatoms. The van der Waals surface area contributed by atoms with Crippen molar-refractivity contribution in [3.63, 3.8) is 0 Å². The summed E-state index contributed by atoms with van der Waals surface area (Å²) in [6.45, 7) is 9.31. The van der Waals surface area contributed by atoms with Crippen LogP contribution < -0.4 is 0 Å². The molecule has 0 aliphatic carbocycles. The topological polar surface area (TPSA) is 36.4 Å². The van der Waals surface area contributed by atoms with E-state index in [1.165, 1.54) is 11.3 Å². The molecule has 1 amide bonds. The number of hydrogen-bond acceptors (Lipinski definition) is 4. The molecule has 0 N–H and O–H groups in total. The van der Waals surface area contributed by atoms with Gasteiger partial charge in [0.1, 0.15) is 9.88 Å². The fourth-order valence-electron chi connectivity index (χ4n) is 2.31. The van der Waals surface area contributed by atoms with Gasteiger partial charge in [0.05, 0.1) is 5.69 Å². The van der Waals surface area contributed by atoms with Gasteiger partial charge in [0.2, 0.25) is 0 Å². The van der Waals surface area contributed by atoms with E-state index in [1.807, 2.05) is 43.0 Å². The standard InChI is InChI=1S/C18H24ClN3OS/c1-5-21(4)11-12-22(6-2)18(23)16-13(3)20-17(24-16)14-7-9-15(19)10-8-14/h7-10H,5-6,11-12H2,1-4H3. The Bertz CT molecular complexity index is 684. The summed E-state index contributed by atoms with van der Waals surface area (Å²) in [4.78, 5) is 22.2. The van der Waals surface area contributed by atoms with Gasteiger partial charge in [-0.25, -0.2) is 4.98 Å². The lowest BCUT2D eigenvalue weighted by atomic mass is 10.2. The van der Waals surface area contributed by atoms with Gasteiger partial charge in [0.25, 0.3) is 5.91 Å². The van der Waals surface area contributed by atoms with Gasteiger partial charge in [-0.2, -0.15) is 0 Å². The highest BCUT2D eigenvalue weighted by Crippen LogP contribution is 2.29. The molecule has 1 heterocycles. The minimum Gasteiger partial charge on any atom is -0.337 e. The highest BCUT2D eigenvalue weighted by Gasteiger charge is 2.21. The Kier molecular flexibility index (Phi) is 6.78. The van der Waals surface area contributed by atoms with Gasteiger partial charge >= 0.3 is 0 Å². The Balaban J connectivity index is 2.18. The Morgan fingerprint density at radius 3 is 2.42 bits per heavy atom. The van der Waals surface area contributed by atoms with Crippen molar-refractivity contribution in [3.8, 4) is 10.6 Å². The highest BCUT2D eigenvalue weighted by atomic mass is 35.5. The Labute approximate surface area is 153 Å². The molecule has 1 aromatic heterocycles. The van der Waals surface area contributed by atoms with E-state index in [4.69, 9.17) is 11.6 Å². The van der Waals surface area contributed by atoms with Gasteiger partial charge in [0, 0.05) is 30.2 Å². The summed E-state index contributed by atoms with van der Waals surface area (Å²) in [6, 6.07) is 7.55. The molecular formula is C18H24ClN3OS. The number of benzene rings is 1. The quantitative estimate of drug-likeness (QED) is 0.738. The van der Waals surface area contributed by atoms with Crippen LogP contribution in [0, 0.1) is 6.92 Å². The predicted molar refractivity (Wildman–Crippen MR) is 102 cm³/mol. The molecule has 0 atom stereocenters. The number of amides is 1. The van der Waals surface area contributed by atoms with Crippen LogP contribution in [-0.4, -0.2) is 53.9 Å². The van der Waals surface area contributed by atoms with Crippen molar-refractivity contribution < 1.29 is 4.79 Å². The zero-order chi connectivity index (χ0) is 17.7. The van der Waals surface area contributed by atoms with Crippen LogP contribution in [0.15, 0.2) is 24.3 Å². The van der Waals surface area contributed by atoms with Crippen molar-refractivity contribution in [3.05, 3.63) is 39.9 Å². The van der Waals surface area contributed by atoms with Crippen molar-refractivity contribution in [2.45, 2.75) is 20.8 Å². The monoisotopic (exact) mass is 365 g/mol. The summed E-state index contributed by atoms with van der Waals surface area (Å²) in [7, 11) is 2.06. The number of carbonyl (C=O) groups is 1. The number of likely N-dealkylation sites (N-methyl/N-ethyl adjacent to an activating group) is 2. The molecule has 2 aromatic rings. The van der Waals surface area contributed by atoms with Gasteiger partial charge in [-0.05, 0) is 39.6 Å². The van der Waals surface area contributed by atoms with Crippen LogP contribution >= 0.6 is 22.9 Å². The van der Waals surface area contributed by atoms with Crippen LogP contribution in [0.5, 0.6) is 0 Å². The minimum absolute atomic E-state index is 0.0669. The number of carbonyl (C=O) groups excluding carboxylic acids is 1. The first-order valence-electron chi connectivity index (χ1n) is 8.17. The second kappa shape index (κ2) is 8.60. The van der Waals surface area contributed by atoms with Gasteiger partial charge in [0.15, 0.2) is 0 Å². The maximum absolute atomic E-state index is 12.9. The summed E-state index contributed by atoms with van der Waals surface area (Å²) in [5.74, 6) is 0.0669. The van der Waals surface area contributed by atoms with E-state index >= 15 is 0 Å². The number of aromatic nitrogens is 1. The minimum atomic E-state index is 0.0669. The zero-order valence-electron chi connectivity index (χ0n) is 14.7. The number of nitrogens with zero attached hydrogens (tertiary/aromatic N) is 3. The largest absolute Gasteiger partial charge is 0.337 e. The third kappa shape index (κ3) is 4.56. The van der Waals surface area contributed by atoms with Gasteiger partial charge in [-0.1, -0.05) is 30.7 Å². The molecule has 130 valence electrons. The van der Waals surface area contributed by atoms with Crippen LogP contribution in [0.2, 0.25) is 5.02 Å². The Morgan fingerprint density at radius 2 is 1.83 bits per heavy atom. The van der Waals surface area contributed by atoms with Crippen molar-refractivity contribution in [2.24, 2.45) is 0 Å². The molecule has 0 aliphatic heterocycles. The lowest BCUT2D eigenvalue weighted by molar-refractivity contribution is 0.0755. The number of rotatable bonds is 7. The van der Waals surface area contributed by atoms with Crippen LogP contribution in [0.4, 0.5) is 0 Å². The molecule has 0 saturated carbocycles. The molecule has 0 unspecified atom stereocenters. The summed E-state index contributed by atoms with van der Waals surface area (Å²) < 4.78 is 0. The summed E-state index contributed by atoms with van der Waals surface area (Å²) in [6.07, 6.45) is 0. The molecule has 0 spiro atoms. The van der Waals surface area contributed by atoms with Crippen LogP contribution in [0.3, 0.4) is 0 Å². The molecular weight excluding hydrogens is 342 g/mol. The SMILES string of the molecule is CCN(C)CCN(CC)C(=O)c1sc(-c2ccc(Cl)cc2)nc1C. The third-order valence-electron chi connectivity index (χ3n) is 4.04. The van der Waals surface area contributed by atoms with Crippen LogP contribution in [0.1, 0.15) is 29.2 Å². The lowest BCUT2D eigenvalue weighted by Crippen LogP contribution is -2.37. The van der Waals surface area contributed by atoms with E-state index < -0.39 is 0 Å². The Morgan fingerprint density at radius 1 is 1.17 bits per heavy atom. The van der Waals surface area contributed by atoms with Crippen molar-refractivity contribution >= 4 is 28.8 Å². The van der Waals surface area contributed by atoms with E-state index in [1.54, 1.807) is 0 Å². The normalized spacial score (nSPS) is 11.1. The first-order valence-corrected chi connectivity index (χ1v) is 9.36. The average molecular weight is 366 g/mol. The summed E-state index contributed by atoms with van der Waals surface area (Å²) in [5.41, 5.74) is 1.78.